The van der Waals surface area contributed by atoms with Crippen LogP contribution in [0.25, 0.3) is 5.57 Å². The SMILES string of the molecule is CC1CCc2c(ccc(C(C=NC3CCNCC3)=CN)c2Oc2ccc(F)c(Cl)c2)N1C. The van der Waals surface area contributed by atoms with E-state index in [1.165, 1.54) is 12.1 Å². The second-order valence-corrected chi connectivity index (χ2v) is 8.91. The number of nitrogens with two attached hydrogens (primary N) is 1. The number of piperidine rings is 1. The minimum atomic E-state index is -0.473. The summed E-state index contributed by atoms with van der Waals surface area (Å²) < 4.78 is 20.1. The van der Waals surface area contributed by atoms with Gasteiger partial charge in [-0.25, -0.2) is 4.39 Å². The van der Waals surface area contributed by atoms with E-state index in [1.54, 1.807) is 12.3 Å². The van der Waals surface area contributed by atoms with Gasteiger partial charge in [0.25, 0.3) is 0 Å². The van der Waals surface area contributed by atoms with Crippen LogP contribution in [0.3, 0.4) is 0 Å². The van der Waals surface area contributed by atoms with E-state index in [9.17, 15) is 4.39 Å². The van der Waals surface area contributed by atoms with Gasteiger partial charge in [-0.1, -0.05) is 11.6 Å². The van der Waals surface area contributed by atoms with Gasteiger partial charge in [-0.3, -0.25) is 4.99 Å². The van der Waals surface area contributed by atoms with E-state index in [4.69, 9.17) is 27.1 Å². The number of aliphatic imine (C=N–C) groups is 1. The van der Waals surface area contributed by atoms with Crippen LogP contribution in [0.1, 0.15) is 37.3 Å². The third-order valence-electron chi connectivity index (χ3n) is 6.42. The number of hydrogen-bond acceptors (Lipinski definition) is 5. The summed E-state index contributed by atoms with van der Waals surface area (Å²) >= 11 is 6.01. The van der Waals surface area contributed by atoms with Gasteiger partial charge in [0.2, 0.25) is 0 Å². The van der Waals surface area contributed by atoms with E-state index < -0.39 is 5.82 Å². The fraction of sp³-hybridized carbons (Fsp3) is 0.400. The first-order valence-electron chi connectivity index (χ1n) is 11.2. The Labute approximate surface area is 194 Å². The fourth-order valence-corrected chi connectivity index (χ4v) is 4.49. The smallest absolute Gasteiger partial charge is 0.142 e. The van der Waals surface area contributed by atoms with Crippen molar-refractivity contribution in [3.05, 3.63) is 58.5 Å². The number of halogens is 2. The van der Waals surface area contributed by atoms with Gasteiger partial charge in [-0.05, 0) is 70.0 Å². The first kappa shape index (κ1) is 22.6. The monoisotopic (exact) mass is 456 g/mol. The Morgan fingerprint density at radius 2 is 2.03 bits per heavy atom. The third-order valence-corrected chi connectivity index (χ3v) is 6.71. The molecule has 0 bridgehead atoms. The van der Waals surface area contributed by atoms with Gasteiger partial charge in [0.1, 0.15) is 17.3 Å². The number of anilines is 1. The molecule has 0 aliphatic carbocycles. The van der Waals surface area contributed by atoms with Crippen LogP contribution in [0, 0.1) is 5.82 Å². The molecule has 1 fully saturated rings. The topological polar surface area (TPSA) is 62.9 Å². The summed E-state index contributed by atoms with van der Waals surface area (Å²) in [7, 11) is 2.10. The van der Waals surface area contributed by atoms with Gasteiger partial charge in [0.15, 0.2) is 0 Å². The summed E-state index contributed by atoms with van der Waals surface area (Å²) in [4.78, 5) is 7.06. The molecule has 170 valence electrons. The van der Waals surface area contributed by atoms with E-state index in [2.05, 4.69) is 30.3 Å². The van der Waals surface area contributed by atoms with Crippen molar-refractivity contribution in [2.24, 2.45) is 10.7 Å². The molecule has 0 spiro atoms. The van der Waals surface area contributed by atoms with Crippen molar-refractivity contribution in [2.75, 3.05) is 25.0 Å². The molecule has 2 aromatic rings. The largest absolute Gasteiger partial charge is 0.456 e. The first-order chi connectivity index (χ1) is 15.5. The lowest BCUT2D eigenvalue weighted by Crippen LogP contribution is -2.33. The van der Waals surface area contributed by atoms with Crippen LogP contribution in [0.15, 0.2) is 41.5 Å². The number of hydrogen-bond donors (Lipinski definition) is 2. The Hall–Kier alpha value is -2.57. The molecule has 2 aromatic carbocycles. The maximum Gasteiger partial charge on any atom is 0.142 e. The van der Waals surface area contributed by atoms with Crippen LogP contribution >= 0.6 is 11.6 Å². The Balaban J connectivity index is 1.75. The maximum absolute atomic E-state index is 13.7. The molecular weight excluding hydrogens is 427 g/mol. The lowest BCUT2D eigenvalue weighted by molar-refractivity contribution is 0.460. The highest BCUT2D eigenvalue weighted by molar-refractivity contribution is 6.30. The molecule has 2 aliphatic rings. The Kier molecular flexibility index (Phi) is 7.01. The summed E-state index contributed by atoms with van der Waals surface area (Å²) in [5.74, 6) is 0.732. The van der Waals surface area contributed by atoms with Crippen LogP contribution in [0.2, 0.25) is 5.02 Å². The van der Waals surface area contributed by atoms with E-state index >= 15 is 0 Å². The highest BCUT2D eigenvalue weighted by Crippen LogP contribution is 2.42. The number of fused-ring (bicyclic) bond motifs is 1. The molecule has 0 saturated carbocycles. The highest BCUT2D eigenvalue weighted by Gasteiger charge is 2.26. The molecule has 0 aromatic heterocycles. The van der Waals surface area contributed by atoms with Crippen molar-refractivity contribution in [2.45, 2.75) is 44.7 Å². The van der Waals surface area contributed by atoms with Crippen molar-refractivity contribution in [3.8, 4) is 11.5 Å². The first-order valence-corrected chi connectivity index (χ1v) is 11.5. The summed E-state index contributed by atoms with van der Waals surface area (Å²) in [6, 6.07) is 9.29. The quantitative estimate of drug-likeness (QED) is 0.609. The summed E-state index contributed by atoms with van der Waals surface area (Å²) in [5, 5.41) is 3.39. The molecule has 1 atom stereocenters. The number of rotatable bonds is 5. The zero-order chi connectivity index (χ0) is 22.7. The van der Waals surface area contributed by atoms with Crippen LogP contribution in [-0.2, 0) is 6.42 Å². The normalized spacial score (nSPS) is 19.9. The highest BCUT2D eigenvalue weighted by atomic mass is 35.5. The van der Waals surface area contributed by atoms with Gasteiger partial charge in [-0.2, -0.15) is 0 Å². The lowest BCUT2D eigenvalue weighted by Gasteiger charge is -2.35. The van der Waals surface area contributed by atoms with E-state index in [0.29, 0.717) is 11.8 Å². The Morgan fingerprint density at radius 3 is 2.75 bits per heavy atom. The molecule has 1 saturated heterocycles. The average molecular weight is 457 g/mol. The van der Waals surface area contributed by atoms with E-state index in [-0.39, 0.29) is 11.1 Å². The van der Waals surface area contributed by atoms with Crippen LogP contribution in [0.4, 0.5) is 10.1 Å². The Bertz CT molecular complexity index is 1030. The third kappa shape index (κ3) is 4.76. The predicted molar refractivity (Wildman–Crippen MR) is 131 cm³/mol. The van der Waals surface area contributed by atoms with Crippen molar-refractivity contribution >= 4 is 29.1 Å². The molecule has 4 rings (SSSR count). The van der Waals surface area contributed by atoms with Gasteiger partial charge >= 0.3 is 0 Å². The van der Waals surface area contributed by atoms with E-state index in [0.717, 1.165) is 66.9 Å². The summed E-state index contributed by atoms with van der Waals surface area (Å²) in [6.45, 7) is 4.17. The standard InChI is InChI=1S/C25H30ClFN4O/c1-16-3-5-21-24(31(16)2)8-6-20(17(14-28)15-30-18-9-11-29-12-10-18)25(21)32-19-4-7-23(27)22(26)13-19/h4,6-8,13-16,18,29H,3,5,9-12,28H2,1-2H3. The number of nitrogens with one attached hydrogen (secondary N) is 1. The molecule has 7 heteroatoms. The predicted octanol–water partition coefficient (Wildman–Crippen LogP) is 5.16. The zero-order valence-electron chi connectivity index (χ0n) is 18.6. The van der Waals surface area contributed by atoms with Crippen molar-refractivity contribution in [1.82, 2.24) is 5.32 Å². The molecule has 3 N–H and O–H groups in total. The second-order valence-electron chi connectivity index (χ2n) is 8.50. The lowest BCUT2D eigenvalue weighted by atomic mass is 9.92. The molecule has 0 amide bonds. The fourth-order valence-electron chi connectivity index (χ4n) is 4.32. The molecule has 32 heavy (non-hydrogen) atoms. The minimum absolute atomic E-state index is 0.0293. The number of allylic oxidation sites excluding steroid dienone is 1. The molecule has 5 nitrogen and oxygen atoms in total. The number of nitrogens with zero attached hydrogens (tertiary/aromatic N) is 2. The maximum atomic E-state index is 13.7. The molecule has 0 radical (unpaired) electrons. The van der Waals surface area contributed by atoms with E-state index in [1.807, 2.05) is 12.3 Å². The van der Waals surface area contributed by atoms with Crippen LogP contribution < -0.4 is 20.7 Å². The molecule has 2 heterocycles. The molecule has 1 unspecified atom stereocenters. The van der Waals surface area contributed by atoms with Gasteiger partial charge in [0.05, 0.1) is 11.1 Å². The number of benzene rings is 2. The van der Waals surface area contributed by atoms with Crippen molar-refractivity contribution in [1.29, 1.82) is 0 Å². The van der Waals surface area contributed by atoms with Crippen LogP contribution in [-0.4, -0.2) is 38.4 Å². The number of ether oxygens (including phenoxy) is 1. The average Bonchev–Trinajstić information content (AvgIpc) is 2.80. The van der Waals surface area contributed by atoms with Gasteiger partial charge in [-0.15, -0.1) is 0 Å². The summed E-state index contributed by atoms with van der Waals surface area (Å²) in [5.41, 5.74) is 9.96. The molecule has 2 aliphatic heterocycles. The van der Waals surface area contributed by atoms with Gasteiger partial charge in [0, 0.05) is 54.0 Å². The van der Waals surface area contributed by atoms with Crippen molar-refractivity contribution < 1.29 is 9.13 Å². The zero-order valence-corrected chi connectivity index (χ0v) is 19.3. The van der Waals surface area contributed by atoms with Gasteiger partial charge < -0.3 is 20.7 Å². The van der Waals surface area contributed by atoms with Crippen molar-refractivity contribution in [3.63, 3.8) is 0 Å². The molecular formula is C25H30ClFN4O. The van der Waals surface area contributed by atoms with Crippen LogP contribution in [0.5, 0.6) is 11.5 Å². The second kappa shape index (κ2) is 9.92. The minimum Gasteiger partial charge on any atom is -0.456 e. The summed E-state index contributed by atoms with van der Waals surface area (Å²) in [6.07, 6.45) is 7.35. The Morgan fingerprint density at radius 1 is 1.25 bits per heavy atom.